The summed E-state index contributed by atoms with van der Waals surface area (Å²) in [7, 11) is 3.05. The number of carbonyl (C=O) groups excluding carboxylic acids is 5. The molecule has 30 heavy (non-hydrogen) atoms. The SMILES string of the molecule is CN1C(=O)C2C(N=CN2Cc2ccc(C=C3C(=O)NC(=O)NC3=O)cc2)N(C)C1=O. The lowest BCUT2D eigenvalue weighted by Crippen LogP contribution is -2.63. The predicted molar refractivity (Wildman–Crippen MR) is 104 cm³/mol. The normalized spacial score (nSPS) is 23.6. The highest BCUT2D eigenvalue weighted by molar-refractivity contribution is 6.31. The molecule has 2 atom stereocenters. The van der Waals surface area contributed by atoms with Crippen molar-refractivity contribution in [1.29, 1.82) is 0 Å². The Hall–Kier alpha value is -4.02. The van der Waals surface area contributed by atoms with Crippen molar-refractivity contribution in [1.82, 2.24) is 25.3 Å². The number of benzene rings is 1. The molecule has 7 amide bonds. The molecule has 0 aromatic heterocycles. The molecule has 2 N–H and O–H groups in total. The molecule has 11 nitrogen and oxygen atoms in total. The van der Waals surface area contributed by atoms with Crippen LogP contribution in [-0.4, -0.2) is 77.1 Å². The number of nitrogens with one attached hydrogen (secondary N) is 2. The summed E-state index contributed by atoms with van der Waals surface area (Å²) in [6.45, 7) is 0.388. The Kier molecular flexibility index (Phi) is 4.57. The zero-order chi connectivity index (χ0) is 21.6. The maximum absolute atomic E-state index is 12.6. The third kappa shape index (κ3) is 3.19. The van der Waals surface area contributed by atoms with Gasteiger partial charge in [-0.1, -0.05) is 24.3 Å². The molecule has 3 aliphatic rings. The number of nitrogens with zero attached hydrogens (tertiary/aromatic N) is 4. The van der Waals surface area contributed by atoms with E-state index in [0.717, 1.165) is 10.5 Å². The number of aliphatic imine (C=N–C) groups is 1. The molecule has 2 saturated heterocycles. The van der Waals surface area contributed by atoms with E-state index in [0.29, 0.717) is 12.1 Å². The number of rotatable bonds is 3. The standard InChI is InChI=1S/C19H18N6O5/c1-23-14-13(17(28)24(2)19(23)30)25(9-20-14)8-11-5-3-10(4-6-11)7-12-15(26)21-18(29)22-16(12)27/h3-7,9,13-14H,8H2,1-2H3,(H2,21,22,26,27,29). The van der Waals surface area contributed by atoms with E-state index in [4.69, 9.17) is 0 Å². The fourth-order valence-corrected chi connectivity index (χ4v) is 3.54. The van der Waals surface area contributed by atoms with Gasteiger partial charge in [0.05, 0.1) is 6.34 Å². The van der Waals surface area contributed by atoms with Crippen LogP contribution in [0.25, 0.3) is 6.08 Å². The van der Waals surface area contributed by atoms with Crippen LogP contribution in [0, 0.1) is 0 Å². The van der Waals surface area contributed by atoms with Crippen LogP contribution in [0.2, 0.25) is 0 Å². The van der Waals surface area contributed by atoms with E-state index in [1.807, 2.05) is 10.6 Å². The van der Waals surface area contributed by atoms with Gasteiger partial charge in [0.15, 0.2) is 12.2 Å². The number of likely N-dealkylation sites (N-methyl/N-ethyl adjacent to an activating group) is 2. The van der Waals surface area contributed by atoms with Gasteiger partial charge in [0.25, 0.3) is 17.7 Å². The molecule has 3 heterocycles. The molecule has 3 aliphatic heterocycles. The minimum atomic E-state index is -0.849. The summed E-state index contributed by atoms with van der Waals surface area (Å²) in [6, 6.07) is 5.19. The Bertz CT molecular complexity index is 1010. The van der Waals surface area contributed by atoms with E-state index in [1.165, 1.54) is 18.0 Å². The highest BCUT2D eigenvalue weighted by Gasteiger charge is 2.48. The molecule has 1 aromatic rings. The fourth-order valence-electron chi connectivity index (χ4n) is 3.54. The highest BCUT2D eigenvalue weighted by atomic mass is 16.2. The average Bonchev–Trinajstić information content (AvgIpc) is 3.12. The fraction of sp³-hybridized carbons (Fsp3) is 0.263. The van der Waals surface area contributed by atoms with E-state index >= 15 is 0 Å². The highest BCUT2D eigenvalue weighted by Crippen LogP contribution is 2.26. The van der Waals surface area contributed by atoms with E-state index in [-0.39, 0.29) is 11.5 Å². The summed E-state index contributed by atoms with van der Waals surface area (Å²) < 4.78 is 0. The lowest BCUT2D eigenvalue weighted by Gasteiger charge is -2.39. The quantitative estimate of drug-likeness (QED) is 0.510. The van der Waals surface area contributed by atoms with Crippen LogP contribution in [0.3, 0.4) is 0 Å². The first-order valence-corrected chi connectivity index (χ1v) is 9.07. The molecule has 154 valence electrons. The summed E-state index contributed by atoms with van der Waals surface area (Å²) in [4.78, 5) is 68.0. The number of barbiturate groups is 1. The first-order valence-electron chi connectivity index (χ1n) is 9.07. The molecule has 0 radical (unpaired) electrons. The van der Waals surface area contributed by atoms with Crippen molar-refractivity contribution in [2.45, 2.75) is 18.8 Å². The minimum Gasteiger partial charge on any atom is -0.343 e. The zero-order valence-corrected chi connectivity index (χ0v) is 16.2. The molecular weight excluding hydrogens is 392 g/mol. The van der Waals surface area contributed by atoms with Crippen LogP contribution in [0.15, 0.2) is 34.8 Å². The number of amides is 7. The number of hydrogen-bond donors (Lipinski definition) is 2. The van der Waals surface area contributed by atoms with Crippen molar-refractivity contribution < 1.29 is 24.0 Å². The molecule has 4 rings (SSSR count). The van der Waals surface area contributed by atoms with Crippen molar-refractivity contribution in [2.24, 2.45) is 4.99 Å². The average molecular weight is 410 g/mol. The number of imide groups is 3. The monoisotopic (exact) mass is 410 g/mol. The van der Waals surface area contributed by atoms with Gasteiger partial charge in [0.1, 0.15) is 5.57 Å². The number of hydrogen-bond acceptors (Lipinski definition) is 7. The molecule has 0 aliphatic carbocycles. The van der Waals surface area contributed by atoms with Gasteiger partial charge < -0.3 is 9.80 Å². The van der Waals surface area contributed by atoms with Crippen LogP contribution >= 0.6 is 0 Å². The van der Waals surface area contributed by atoms with Gasteiger partial charge in [-0.3, -0.25) is 29.9 Å². The number of urea groups is 2. The second-order valence-corrected chi connectivity index (χ2v) is 7.12. The molecule has 0 spiro atoms. The third-order valence-electron chi connectivity index (χ3n) is 5.18. The molecule has 11 heteroatoms. The van der Waals surface area contributed by atoms with Gasteiger partial charge >= 0.3 is 12.1 Å². The molecule has 0 bridgehead atoms. The van der Waals surface area contributed by atoms with Crippen LogP contribution < -0.4 is 10.6 Å². The summed E-state index contributed by atoms with van der Waals surface area (Å²) in [6.07, 6.45) is 2.39. The zero-order valence-electron chi connectivity index (χ0n) is 16.2. The molecule has 2 unspecified atom stereocenters. The van der Waals surface area contributed by atoms with Gasteiger partial charge in [-0.25, -0.2) is 14.6 Å². The molecule has 0 saturated carbocycles. The number of fused-ring (bicyclic) bond motifs is 1. The van der Waals surface area contributed by atoms with Crippen LogP contribution in [-0.2, 0) is 20.9 Å². The van der Waals surface area contributed by atoms with Crippen LogP contribution in [0.5, 0.6) is 0 Å². The van der Waals surface area contributed by atoms with Crippen molar-refractivity contribution in [3.63, 3.8) is 0 Å². The summed E-state index contributed by atoms with van der Waals surface area (Å²) >= 11 is 0. The second kappa shape index (κ2) is 7.10. The maximum Gasteiger partial charge on any atom is 0.328 e. The van der Waals surface area contributed by atoms with Crippen LogP contribution in [0.1, 0.15) is 11.1 Å². The summed E-state index contributed by atoms with van der Waals surface area (Å²) in [5, 5.41) is 4.03. The Labute approximate surface area is 171 Å². The van der Waals surface area contributed by atoms with E-state index < -0.39 is 36.1 Å². The van der Waals surface area contributed by atoms with Gasteiger partial charge in [-0.2, -0.15) is 0 Å². The van der Waals surface area contributed by atoms with E-state index in [2.05, 4.69) is 4.99 Å². The number of carbonyl (C=O) groups is 5. The Morgan fingerprint density at radius 3 is 2.27 bits per heavy atom. The second-order valence-electron chi connectivity index (χ2n) is 7.12. The Balaban J connectivity index is 1.49. The maximum atomic E-state index is 12.6. The minimum absolute atomic E-state index is 0.166. The van der Waals surface area contributed by atoms with Crippen molar-refractivity contribution in [3.8, 4) is 0 Å². The predicted octanol–water partition coefficient (Wildman–Crippen LogP) is -0.502. The van der Waals surface area contributed by atoms with Gasteiger partial charge in [0.2, 0.25) is 0 Å². The molecular formula is C19H18N6O5. The first-order chi connectivity index (χ1) is 14.3. The summed E-state index contributed by atoms with van der Waals surface area (Å²) in [5.41, 5.74) is 1.30. The van der Waals surface area contributed by atoms with Crippen LogP contribution in [0.4, 0.5) is 9.59 Å². The van der Waals surface area contributed by atoms with Gasteiger partial charge in [0, 0.05) is 20.6 Å². The van der Waals surface area contributed by atoms with E-state index in [9.17, 15) is 24.0 Å². The largest absolute Gasteiger partial charge is 0.343 e. The first kappa shape index (κ1) is 19.3. The lowest BCUT2D eigenvalue weighted by atomic mass is 10.1. The smallest absolute Gasteiger partial charge is 0.328 e. The Morgan fingerprint density at radius 1 is 1.00 bits per heavy atom. The summed E-state index contributed by atoms with van der Waals surface area (Å²) in [5.74, 6) is -1.83. The van der Waals surface area contributed by atoms with E-state index in [1.54, 1.807) is 42.6 Å². The van der Waals surface area contributed by atoms with Crippen molar-refractivity contribution in [2.75, 3.05) is 14.1 Å². The van der Waals surface area contributed by atoms with Crippen molar-refractivity contribution in [3.05, 3.63) is 41.0 Å². The molecule has 1 aromatic carbocycles. The third-order valence-corrected chi connectivity index (χ3v) is 5.18. The van der Waals surface area contributed by atoms with Crippen molar-refractivity contribution >= 4 is 42.2 Å². The Morgan fingerprint density at radius 2 is 1.63 bits per heavy atom. The van der Waals surface area contributed by atoms with Gasteiger partial charge in [-0.15, -0.1) is 0 Å². The van der Waals surface area contributed by atoms with Gasteiger partial charge in [-0.05, 0) is 17.2 Å². The lowest BCUT2D eigenvalue weighted by molar-refractivity contribution is -0.136. The topological polar surface area (TPSA) is 131 Å². The molecule has 2 fully saturated rings.